The van der Waals surface area contributed by atoms with Gasteiger partial charge in [-0.1, -0.05) is 49.9 Å². The summed E-state index contributed by atoms with van der Waals surface area (Å²) in [7, 11) is 0. The monoisotopic (exact) mass is 399 g/mol. The van der Waals surface area contributed by atoms with Crippen LogP contribution >= 0.6 is 11.6 Å². The number of aryl methyl sites for hydroxylation is 2. The standard InChI is InChI=1S/C23H30ClN3O/c1-4-21(23(28)19-8-6-5-7-9-19)27(15-18-10-12-20(24)13-11-18)22-14-16(2)25-17(3)26-22/h10-14,19,21H,4-9,15H2,1-3H3. The van der Waals surface area contributed by atoms with Crippen molar-refractivity contribution in [2.24, 2.45) is 5.92 Å². The molecule has 3 rings (SSSR count). The van der Waals surface area contributed by atoms with E-state index < -0.39 is 0 Å². The summed E-state index contributed by atoms with van der Waals surface area (Å²) in [5.74, 6) is 2.10. The Morgan fingerprint density at radius 1 is 1.14 bits per heavy atom. The van der Waals surface area contributed by atoms with Gasteiger partial charge < -0.3 is 4.90 Å². The van der Waals surface area contributed by atoms with Crippen LogP contribution in [-0.2, 0) is 11.3 Å². The van der Waals surface area contributed by atoms with E-state index in [9.17, 15) is 4.79 Å². The number of hydrogen-bond donors (Lipinski definition) is 0. The van der Waals surface area contributed by atoms with E-state index in [-0.39, 0.29) is 12.0 Å². The van der Waals surface area contributed by atoms with E-state index >= 15 is 0 Å². The van der Waals surface area contributed by atoms with E-state index in [2.05, 4.69) is 21.8 Å². The van der Waals surface area contributed by atoms with Crippen LogP contribution in [0, 0.1) is 19.8 Å². The Balaban J connectivity index is 1.94. The van der Waals surface area contributed by atoms with Crippen LogP contribution in [0.1, 0.15) is 62.5 Å². The molecule has 28 heavy (non-hydrogen) atoms. The van der Waals surface area contributed by atoms with Gasteiger partial charge in [-0.2, -0.15) is 0 Å². The lowest BCUT2D eigenvalue weighted by Crippen LogP contribution is -2.44. The van der Waals surface area contributed by atoms with E-state index in [4.69, 9.17) is 11.6 Å². The molecule has 1 aromatic heterocycles. The Hall–Kier alpha value is -1.94. The topological polar surface area (TPSA) is 46.1 Å². The first-order valence-corrected chi connectivity index (χ1v) is 10.7. The highest BCUT2D eigenvalue weighted by molar-refractivity contribution is 6.30. The average molecular weight is 400 g/mol. The number of aromatic nitrogens is 2. The summed E-state index contributed by atoms with van der Waals surface area (Å²) in [6, 6.07) is 9.65. The molecule has 0 bridgehead atoms. The molecule has 4 nitrogen and oxygen atoms in total. The van der Waals surface area contributed by atoms with Crippen LogP contribution in [-0.4, -0.2) is 21.8 Å². The van der Waals surface area contributed by atoms with Gasteiger partial charge in [0.15, 0.2) is 5.78 Å². The van der Waals surface area contributed by atoms with Crippen LogP contribution in [0.3, 0.4) is 0 Å². The molecule has 2 aromatic rings. The highest BCUT2D eigenvalue weighted by atomic mass is 35.5. The molecule has 150 valence electrons. The molecule has 1 atom stereocenters. The van der Waals surface area contributed by atoms with E-state index in [1.165, 1.54) is 6.42 Å². The van der Waals surface area contributed by atoms with Gasteiger partial charge in [0.25, 0.3) is 0 Å². The fraction of sp³-hybridized carbons (Fsp3) is 0.522. The first-order chi connectivity index (χ1) is 13.5. The molecule has 1 aromatic carbocycles. The van der Waals surface area contributed by atoms with Crippen LogP contribution < -0.4 is 4.90 Å². The van der Waals surface area contributed by atoms with Gasteiger partial charge in [0.1, 0.15) is 11.6 Å². The number of Topliss-reactive ketones (excluding diaryl/α,β-unsaturated/α-hetero) is 1. The maximum atomic E-state index is 13.5. The van der Waals surface area contributed by atoms with E-state index in [0.717, 1.165) is 55.0 Å². The normalized spacial score (nSPS) is 16.0. The Morgan fingerprint density at radius 2 is 1.82 bits per heavy atom. The third kappa shape index (κ3) is 5.11. The zero-order chi connectivity index (χ0) is 20.1. The van der Waals surface area contributed by atoms with E-state index in [1.807, 2.05) is 44.2 Å². The number of hydrogen-bond acceptors (Lipinski definition) is 4. The van der Waals surface area contributed by atoms with Crippen molar-refractivity contribution in [1.29, 1.82) is 0 Å². The number of anilines is 1. The molecule has 1 aliphatic rings. The molecule has 1 unspecified atom stereocenters. The quantitative estimate of drug-likeness (QED) is 0.600. The minimum atomic E-state index is -0.174. The van der Waals surface area contributed by atoms with Gasteiger partial charge in [0.2, 0.25) is 0 Å². The number of nitrogens with zero attached hydrogens (tertiary/aromatic N) is 3. The van der Waals surface area contributed by atoms with Crippen LogP contribution in [0.25, 0.3) is 0 Å². The number of benzene rings is 1. The predicted octanol–water partition coefficient (Wildman–Crippen LogP) is 5.68. The highest BCUT2D eigenvalue weighted by Crippen LogP contribution is 2.29. The second-order valence-electron chi connectivity index (χ2n) is 7.83. The molecule has 5 heteroatoms. The zero-order valence-electron chi connectivity index (χ0n) is 17.1. The fourth-order valence-corrected chi connectivity index (χ4v) is 4.34. The van der Waals surface area contributed by atoms with Gasteiger partial charge in [-0.3, -0.25) is 4.79 Å². The van der Waals surface area contributed by atoms with E-state index in [0.29, 0.717) is 17.4 Å². The molecule has 1 fully saturated rings. The Bertz CT molecular complexity index is 780. The third-order valence-corrected chi connectivity index (χ3v) is 5.86. The minimum absolute atomic E-state index is 0.174. The lowest BCUT2D eigenvalue weighted by Gasteiger charge is -2.34. The first kappa shape index (κ1) is 20.8. The molecule has 0 aliphatic heterocycles. The first-order valence-electron chi connectivity index (χ1n) is 10.3. The summed E-state index contributed by atoms with van der Waals surface area (Å²) in [5.41, 5.74) is 2.04. The van der Waals surface area contributed by atoms with E-state index in [1.54, 1.807) is 0 Å². The lowest BCUT2D eigenvalue weighted by molar-refractivity contribution is -0.125. The zero-order valence-corrected chi connectivity index (χ0v) is 17.9. The Labute approximate surface area is 173 Å². The molecular formula is C23H30ClN3O. The molecule has 0 saturated heterocycles. The maximum absolute atomic E-state index is 13.5. The predicted molar refractivity (Wildman–Crippen MR) is 115 cm³/mol. The molecular weight excluding hydrogens is 370 g/mol. The number of halogens is 1. The average Bonchev–Trinajstić information content (AvgIpc) is 2.69. The lowest BCUT2D eigenvalue weighted by atomic mass is 9.82. The van der Waals surface area contributed by atoms with Crippen LogP contribution in [0.2, 0.25) is 5.02 Å². The second-order valence-corrected chi connectivity index (χ2v) is 8.27. The van der Waals surface area contributed by atoms with Crippen molar-refractivity contribution in [3.05, 3.63) is 52.4 Å². The molecule has 1 saturated carbocycles. The van der Waals surface area contributed by atoms with Crippen molar-refractivity contribution >= 4 is 23.2 Å². The summed E-state index contributed by atoms with van der Waals surface area (Å²) < 4.78 is 0. The summed E-state index contributed by atoms with van der Waals surface area (Å²) in [4.78, 5) is 24.7. The van der Waals surface area contributed by atoms with Crippen molar-refractivity contribution in [1.82, 2.24) is 9.97 Å². The molecule has 1 heterocycles. The Morgan fingerprint density at radius 3 is 2.43 bits per heavy atom. The summed E-state index contributed by atoms with van der Waals surface area (Å²) in [5, 5.41) is 0.717. The molecule has 0 spiro atoms. The smallest absolute Gasteiger partial charge is 0.158 e. The molecule has 0 N–H and O–H groups in total. The van der Waals surface area contributed by atoms with Crippen molar-refractivity contribution in [3.8, 4) is 0 Å². The number of carbonyl (C=O) groups is 1. The van der Waals surface area contributed by atoms with Crippen molar-refractivity contribution in [3.63, 3.8) is 0 Å². The van der Waals surface area contributed by atoms with Gasteiger partial charge in [-0.15, -0.1) is 0 Å². The van der Waals surface area contributed by atoms with Crippen LogP contribution in [0.4, 0.5) is 5.82 Å². The van der Waals surface area contributed by atoms with Crippen molar-refractivity contribution in [2.45, 2.75) is 71.9 Å². The van der Waals surface area contributed by atoms with Crippen LogP contribution in [0.5, 0.6) is 0 Å². The maximum Gasteiger partial charge on any atom is 0.158 e. The Kier molecular flexibility index (Phi) is 7.06. The summed E-state index contributed by atoms with van der Waals surface area (Å²) in [6.07, 6.45) is 6.38. The molecule has 1 aliphatic carbocycles. The van der Waals surface area contributed by atoms with Crippen molar-refractivity contribution < 1.29 is 4.79 Å². The summed E-state index contributed by atoms with van der Waals surface area (Å²) in [6.45, 7) is 6.61. The fourth-order valence-electron chi connectivity index (χ4n) is 4.22. The molecule has 0 amide bonds. The van der Waals surface area contributed by atoms with Gasteiger partial charge in [-0.25, -0.2) is 9.97 Å². The third-order valence-electron chi connectivity index (χ3n) is 5.61. The van der Waals surface area contributed by atoms with Crippen LogP contribution in [0.15, 0.2) is 30.3 Å². The SMILES string of the molecule is CCC(C(=O)C1CCCCC1)N(Cc1ccc(Cl)cc1)c1cc(C)nc(C)n1. The van der Waals surface area contributed by atoms with Gasteiger partial charge in [-0.05, 0) is 50.8 Å². The number of ketones is 1. The highest BCUT2D eigenvalue weighted by Gasteiger charge is 2.32. The van der Waals surface area contributed by atoms with Gasteiger partial charge >= 0.3 is 0 Å². The van der Waals surface area contributed by atoms with Gasteiger partial charge in [0, 0.05) is 29.2 Å². The minimum Gasteiger partial charge on any atom is -0.342 e. The number of rotatable bonds is 7. The number of carbonyl (C=O) groups excluding carboxylic acids is 1. The van der Waals surface area contributed by atoms with Gasteiger partial charge in [0.05, 0.1) is 6.04 Å². The van der Waals surface area contributed by atoms with Crippen molar-refractivity contribution in [2.75, 3.05) is 4.90 Å². The molecule has 0 radical (unpaired) electrons. The second kappa shape index (κ2) is 9.51. The summed E-state index contributed by atoms with van der Waals surface area (Å²) >= 11 is 6.06. The largest absolute Gasteiger partial charge is 0.342 e.